The Balaban J connectivity index is 2.30. The fourth-order valence-electron chi connectivity index (χ4n) is 1.29. The van der Waals surface area contributed by atoms with Gasteiger partial charge in [0, 0.05) is 23.0 Å². The molecule has 0 atom stereocenters. The number of hydrogen-bond donors (Lipinski definition) is 2. The molecule has 2 aromatic rings. The molecule has 0 aliphatic carbocycles. The molecular weight excluding hydrogens is 250 g/mol. The topological polar surface area (TPSA) is 89.1 Å². The second-order valence-corrected chi connectivity index (χ2v) is 4.71. The minimum absolute atomic E-state index is 0.193. The molecular formula is C12H11N3O2S. The molecule has 3 N–H and O–H groups in total. The third-order valence-electron chi connectivity index (χ3n) is 2.22. The minimum atomic E-state index is -0.985. The predicted octanol–water partition coefficient (Wildman–Crippen LogP) is 2.22. The van der Waals surface area contributed by atoms with Gasteiger partial charge < -0.3 is 10.8 Å². The van der Waals surface area contributed by atoms with E-state index in [0.717, 1.165) is 5.56 Å². The highest BCUT2D eigenvalue weighted by molar-refractivity contribution is 7.99. The number of hydrogen-bond acceptors (Lipinski definition) is 5. The van der Waals surface area contributed by atoms with Gasteiger partial charge in [-0.15, -0.1) is 0 Å². The Kier molecular flexibility index (Phi) is 3.47. The highest BCUT2D eigenvalue weighted by Crippen LogP contribution is 2.30. The molecule has 0 spiro atoms. The van der Waals surface area contributed by atoms with E-state index in [9.17, 15) is 4.79 Å². The first-order valence-electron chi connectivity index (χ1n) is 5.15. The number of benzene rings is 1. The molecule has 1 heterocycles. The largest absolute Gasteiger partial charge is 0.478 e. The normalized spacial score (nSPS) is 10.3. The van der Waals surface area contributed by atoms with Gasteiger partial charge in [-0.3, -0.25) is 0 Å². The average Bonchev–Trinajstić information content (AvgIpc) is 2.34. The van der Waals surface area contributed by atoms with Crippen molar-refractivity contribution in [3.8, 4) is 0 Å². The van der Waals surface area contributed by atoms with E-state index in [4.69, 9.17) is 10.8 Å². The van der Waals surface area contributed by atoms with Gasteiger partial charge in [-0.2, -0.15) is 0 Å². The summed E-state index contributed by atoms with van der Waals surface area (Å²) >= 11 is 1.24. The quantitative estimate of drug-likeness (QED) is 0.650. The average molecular weight is 261 g/mol. The monoisotopic (exact) mass is 261 g/mol. The second-order valence-electron chi connectivity index (χ2n) is 3.70. The molecule has 6 heteroatoms. The molecule has 0 saturated carbocycles. The van der Waals surface area contributed by atoms with E-state index in [0.29, 0.717) is 15.7 Å². The van der Waals surface area contributed by atoms with Crippen molar-refractivity contribution in [3.63, 3.8) is 0 Å². The molecule has 0 aliphatic heterocycles. The summed E-state index contributed by atoms with van der Waals surface area (Å²) in [6.45, 7) is 1.90. The fraction of sp³-hybridized carbons (Fsp3) is 0.0833. The molecule has 0 fully saturated rings. The number of aromatic carboxylic acids is 1. The number of nitrogen functional groups attached to an aromatic ring is 1. The van der Waals surface area contributed by atoms with E-state index in [1.54, 1.807) is 18.5 Å². The summed E-state index contributed by atoms with van der Waals surface area (Å²) in [6, 6.07) is 4.56. The van der Waals surface area contributed by atoms with Crippen molar-refractivity contribution in [1.29, 1.82) is 0 Å². The number of aromatic nitrogens is 2. The second kappa shape index (κ2) is 5.05. The molecule has 1 aromatic heterocycles. The number of carboxylic acid groups (broad SMARTS) is 1. The van der Waals surface area contributed by atoms with Crippen LogP contribution in [0.5, 0.6) is 0 Å². The van der Waals surface area contributed by atoms with Gasteiger partial charge >= 0.3 is 5.97 Å². The number of carbonyl (C=O) groups is 1. The Morgan fingerprint density at radius 2 is 2.00 bits per heavy atom. The Morgan fingerprint density at radius 3 is 2.61 bits per heavy atom. The number of rotatable bonds is 3. The van der Waals surface area contributed by atoms with Gasteiger partial charge in [-0.1, -0.05) is 0 Å². The Morgan fingerprint density at radius 1 is 1.33 bits per heavy atom. The minimum Gasteiger partial charge on any atom is -0.478 e. The van der Waals surface area contributed by atoms with Gasteiger partial charge in [0.25, 0.3) is 0 Å². The third-order valence-corrected chi connectivity index (χ3v) is 3.19. The van der Waals surface area contributed by atoms with Crippen LogP contribution in [0.25, 0.3) is 0 Å². The van der Waals surface area contributed by atoms with Crippen LogP contribution in [0.2, 0.25) is 0 Å². The van der Waals surface area contributed by atoms with E-state index in [1.807, 2.05) is 6.92 Å². The van der Waals surface area contributed by atoms with Crippen LogP contribution in [0.3, 0.4) is 0 Å². The standard InChI is InChI=1S/C12H11N3O2S/c1-7-5-14-12(15-6-7)18-10-4-8(11(16)17)2-3-9(10)13/h2-6H,13H2,1H3,(H,16,17). The maximum absolute atomic E-state index is 10.9. The van der Waals surface area contributed by atoms with Crippen LogP contribution in [0.4, 0.5) is 5.69 Å². The summed E-state index contributed by atoms with van der Waals surface area (Å²) in [7, 11) is 0. The van der Waals surface area contributed by atoms with Gasteiger partial charge in [0.1, 0.15) is 0 Å². The molecule has 0 radical (unpaired) electrons. The number of aryl methyl sites for hydroxylation is 1. The number of nitrogens with zero attached hydrogens (tertiary/aromatic N) is 2. The van der Waals surface area contributed by atoms with Crippen molar-refractivity contribution in [2.45, 2.75) is 17.0 Å². The van der Waals surface area contributed by atoms with Crippen molar-refractivity contribution >= 4 is 23.4 Å². The van der Waals surface area contributed by atoms with Crippen molar-refractivity contribution in [2.75, 3.05) is 5.73 Å². The summed E-state index contributed by atoms with van der Waals surface area (Å²) in [6.07, 6.45) is 3.40. The molecule has 92 valence electrons. The first-order chi connectivity index (χ1) is 8.56. The fourth-order valence-corrected chi connectivity index (χ4v) is 2.07. The summed E-state index contributed by atoms with van der Waals surface area (Å²) in [5, 5.41) is 9.46. The van der Waals surface area contributed by atoms with Crippen LogP contribution in [-0.4, -0.2) is 21.0 Å². The molecule has 0 saturated heterocycles. The van der Waals surface area contributed by atoms with E-state index in [1.165, 1.54) is 23.9 Å². The summed E-state index contributed by atoms with van der Waals surface area (Å²) in [4.78, 5) is 19.8. The lowest BCUT2D eigenvalue weighted by Crippen LogP contribution is -1.98. The Hall–Kier alpha value is -2.08. The van der Waals surface area contributed by atoms with Crippen molar-refractivity contribution < 1.29 is 9.90 Å². The van der Waals surface area contributed by atoms with Crippen LogP contribution in [-0.2, 0) is 0 Å². The number of carboxylic acids is 1. The highest BCUT2D eigenvalue weighted by Gasteiger charge is 2.09. The number of anilines is 1. The summed E-state index contributed by atoms with van der Waals surface area (Å²) < 4.78 is 0. The molecule has 2 rings (SSSR count). The lowest BCUT2D eigenvalue weighted by atomic mass is 10.2. The lowest BCUT2D eigenvalue weighted by molar-refractivity contribution is 0.0696. The first-order valence-corrected chi connectivity index (χ1v) is 5.97. The van der Waals surface area contributed by atoms with Gasteiger partial charge in [0.15, 0.2) is 5.16 Å². The molecule has 0 aliphatic rings. The molecule has 1 aromatic carbocycles. The summed E-state index contributed by atoms with van der Waals surface area (Å²) in [5.74, 6) is -0.985. The van der Waals surface area contributed by atoms with E-state index in [2.05, 4.69) is 9.97 Å². The van der Waals surface area contributed by atoms with Crippen LogP contribution >= 0.6 is 11.8 Å². The van der Waals surface area contributed by atoms with Crippen LogP contribution < -0.4 is 5.73 Å². The summed E-state index contributed by atoms with van der Waals surface area (Å²) in [5.41, 5.74) is 7.46. The van der Waals surface area contributed by atoms with Gasteiger partial charge in [0.05, 0.1) is 5.56 Å². The van der Waals surface area contributed by atoms with E-state index >= 15 is 0 Å². The molecule has 0 bridgehead atoms. The Bertz CT molecular complexity index is 584. The predicted molar refractivity (Wildman–Crippen MR) is 68.7 cm³/mol. The van der Waals surface area contributed by atoms with Crippen molar-refractivity contribution in [1.82, 2.24) is 9.97 Å². The maximum Gasteiger partial charge on any atom is 0.335 e. The zero-order chi connectivity index (χ0) is 13.1. The van der Waals surface area contributed by atoms with Crippen LogP contribution in [0, 0.1) is 6.92 Å². The zero-order valence-electron chi connectivity index (χ0n) is 9.62. The highest BCUT2D eigenvalue weighted by atomic mass is 32.2. The van der Waals surface area contributed by atoms with Crippen LogP contribution in [0.1, 0.15) is 15.9 Å². The zero-order valence-corrected chi connectivity index (χ0v) is 10.4. The first kappa shape index (κ1) is 12.4. The molecule has 0 unspecified atom stereocenters. The molecule has 0 amide bonds. The lowest BCUT2D eigenvalue weighted by Gasteiger charge is -2.05. The van der Waals surface area contributed by atoms with Crippen molar-refractivity contribution in [3.05, 3.63) is 41.7 Å². The van der Waals surface area contributed by atoms with Gasteiger partial charge in [-0.25, -0.2) is 14.8 Å². The van der Waals surface area contributed by atoms with Crippen LogP contribution in [0.15, 0.2) is 40.6 Å². The van der Waals surface area contributed by atoms with Crippen molar-refractivity contribution in [2.24, 2.45) is 0 Å². The Labute approximate surface area is 108 Å². The SMILES string of the molecule is Cc1cnc(Sc2cc(C(=O)O)ccc2N)nc1. The van der Waals surface area contributed by atoms with E-state index < -0.39 is 5.97 Å². The maximum atomic E-state index is 10.9. The molecule has 18 heavy (non-hydrogen) atoms. The van der Waals surface area contributed by atoms with E-state index in [-0.39, 0.29) is 5.56 Å². The molecule has 5 nitrogen and oxygen atoms in total. The number of nitrogens with two attached hydrogens (primary N) is 1. The smallest absolute Gasteiger partial charge is 0.335 e. The van der Waals surface area contributed by atoms with Gasteiger partial charge in [0.2, 0.25) is 0 Å². The van der Waals surface area contributed by atoms with Gasteiger partial charge in [-0.05, 0) is 42.4 Å². The third kappa shape index (κ3) is 2.78.